The summed E-state index contributed by atoms with van der Waals surface area (Å²) in [6.07, 6.45) is 0. The second-order valence-corrected chi connectivity index (χ2v) is 6.75. The van der Waals surface area contributed by atoms with Gasteiger partial charge in [-0.25, -0.2) is 0 Å². The van der Waals surface area contributed by atoms with Gasteiger partial charge < -0.3 is 14.6 Å². The highest BCUT2D eigenvalue weighted by Gasteiger charge is 2.23. The van der Waals surface area contributed by atoms with Gasteiger partial charge in [0.15, 0.2) is 0 Å². The van der Waals surface area contributed by atoms with Crippen LogP contribution in [0.3, 0.4) is 0 Å². The summed E-state index contributed by atoms with van der Waals surface area (Å²) in [7, 11) is 1.69. The van der Waals surface area contributed by atoms with Crippen molar-refractivity contribution >= 4 is 5.91 Å². The third-order valence-electron chi connectivity index (χ3n) is 3.89. The van der Waals surface area contributed by atoms with E-state index in [9.17, 15) is 9.90 Å². The molecule has 2 rings (SSSR count). The van der Waals surface area contributed by atoms with Gasteiger partial charge in [-0.15, -0.1) is 0 Å². The van der Waals surface area contributed by atoms with Crippen molar-refractivity contribution in [2.45, 2.75) is 33.3 Å². The first-order valence-corrected chi connectivity index (χ1v) is 7.81. The Labute approximate surface area is 142 Å². The number of nitrogens with zero attached hydrogens (tertiary/aromatic N) is 3. The van der Waals surface area contributed by atoms with E-state index in [0.717, 1.165) is 17.1 Å². The van der Waals surface area contributed by atoms with Crippen LogP contribution in [0.5, 0.6) is 0 Å². The summed E-state index contributed by atoms with van der Waals surface area (Å²) in [6, 6.07) is 11.2. The topological polar surface area (TPSA) is 69.3 Å². The van der Waals surface area contributed by atoms with Gasteiger partial charge in [-0.1, -0.05) is 0 Å². The molecule has 0 saturated carbocycles. The molecule has 5 heteroatoms. The van der Waals surface area contributed by atoms with E-state index in [4.69, 9.17) is 5.26 Å². The van der Waals surface area contributed by atoms with E-state index in [1.807, 2.05) is 36.6 Å². The van der Waals surface area contributed by atoms with Crippen LogP contribution >= 0.6 is 0 Å². The summed E-state index contributed by atoms with van der Waals surface area (Å²) in [5.41, 5.74) is 2.96. The normalized spacial score (nSPS) is 11.2. The molecule has 1 N–H and O–H groups in total. The predicted octanol–water partition coefficient (Wildman–Crippen LogP) is 2.81. The molecule has 0 saturated heterocycles. The molecule has 0 unspecified atom stereocenters. The number of likely N-dealkylation sites (N-methyl/N-ethyl adjacent to an activating group) is 1. The van der Waals surface area contributed by atoms with Gasteiger partial charge >= 0.3 is 0 Å². The summed E-state index contributed by atoms with van der Waals surface area (Å²) in [4.78, 5) is 14.2. The lowest BCUT2D eigenvalue weighted by molar-refractivity contribution is 0.0367. The number of aromatic nitrogens is 1. The summed E-state index contributed by atoms with van der Waals surface area (Å²) in [5, 5.41) is 18.8. The molecule has 0 aliphatic rings. The van der Waals surface area contributed by atoms with Crippen molar-refractivity contribution in [1.82, 2.24) is 9.47 Å². The van der Waals surface area contributed by atoms with Crippen molar-refractivity contribution in [2.75, 3.05) is 13.6 Å². The fourth-order valence-corrected chi connectivity index (χ4v) is 2.92. The number of rotatable bonds is 4. The van der Waals surface area contributed by atoms with Gasteiger partial charge in [-0.05, 0) is 58.0 Å². The van der Waals surface area contributed by atoms with Crippen LogP contribution in [0.4, 0.5) is 0 Å². The van der Waals surface area contributed by atoms with E-state index in [1.165, 1.54) is 4.90 Å². The van der Waals surface area contributed by atoms with E-state index >= 15 is 0 Å². The molecule has 126 valence electrons. The van der Waals surface area contributed by atoms with Gasteiger partial charge in [-0.2, -0.15) is 5.26 Å². The number of amides is 1. The molecule has 24 heavy (non-hydrogen) atoms. The van der Waals surface area contributed by atoms with E-state index in [-0.39, 0.29) is 12.5 Å². The molecule has 0 radical (unpaired) electrons. The molecule has 1 amide bonds. The molecule has 2 aromatic rings. The van der Waals surface area contributed by atoms with Crippen LogP contribution in [0.1, 0.15) is 41.2 Å². The first-order chi connectivity index (χ1) is 11.1. The van der Waals surface area contributed by atoms with Crippen molar-refractivity contribution in [3.63, 3.8) is 0 Å². The van der Waals surface area contributed by atoms with Crippen molar-refractivity contribution in [3.8, 4) is 11.8 Å². The predicted molar refractivity (Wildman–Crippen MR) is 93.2 cm³/mol. The molecule has 0 spiro atoms. The minimum atomic E-state index is -0.941. The van der Waals surface area contributed by atoms with E-state index in [0.29, 0.717) is 11.1 Å². The zero-order valence-electron chi connectivity index (χ0n) is 14.8. The van der Waals surface area contributed by atoms with Crippen molar-refractivity contribution < 1.29 is 9.90 Å². The largest absolute Gasteiger partial charge is 0.389 e. The van der Waals surface area contributed by atoms with Crippen LogP contribution in [0.25, 0.3) is 5.69 Å². The maximum absolute atomic E-state index is 12.7. The molecular formula is C19H23N3O2. The highest BCUT2D eigenvalue weighted by molar-refractivity contribution is 5.95. The minimum absolute atomic E-state index is 0.120. The zero-order valence-corrected chi connectivity index (χ0v) is 14.8. The third kappa shape index (κ3) is 3.66. The van der Waals surface area contributed by atoms with E-state index in [2.05, 4.69) is 6.07 Å². The SMILES string of the molecule is Cc1cc(C(=O)N(C)CC(C)(C)O)c(C)n1-c1ccc(C#N)cc1. The number of hydrogen-bond acceptors (Lipinski definition) is 3. The lowest BCUT2D eigenvalue weighted by atomic mass is 10.1. The monoisotopic (exact) mass is 325 g/mol. The Hall–Kier alpha value is -2.58. The van der Waals surface area contributed by atoms with E-state index < -0.39 is 5.60 Å². The Morgan fingerprint density at radius 3 is 2.38 bits per heavy atom. The molecule has 0 aliphatic heterocycles. The maximum atomic E-state index is 12.7. The smallest absolute Gasteiger partial charge is 0.255 e. The molecule has 1 aromatic carbocycles. The molecule has 1 heterocycles. The fraction of sp³-hybridized carbons (Fsp3) is 0.368. The van der Waals surface area contributed by atoms with Crippen LogP contribution in [0, 0.1) is 25.2 Å². The van der Waals surface area contributed by atoms with Crippen LogP contribution in [-0.4, -0.2) is 39.7 Å². The van der Waals surface area contributed by atoms with Crippen molar-refractivity contribution in [3.05, 3.63) is 52.8 Å². The Balaban J connectivity index is 2.38. The van der Waals surface area contributed by atoms with E-state index in [1.54, 1.807) is 33.0 Å². The van der Waals surface area contributed by atoms with Crippen LogP contribution in [0.15, 0.2) is 30.3 Å². The fourth-order valence-electron chi connectivity index (χ4n) is 2.92. The number of carbonyl (C=O) groups excluding carboxylic acids is 1. The Bertz CT molecular complexity index is 790. The van der Waals surface area contributed by atoms with Gasteiger partial charge in [0, 0.05) is 30.7 Å². The number of hydrogen-bond donors (Lipinski definition) is 1. The Kier molecular flexibility index (Phi) is 4.81. The lowest BCUT2D eigenvalue weighted by Gasteiger charge is -2.25. The van der Waals surface area contributed by atoms with Crippen LogP contribution in [-0.2, 0) is 0 Å². The zero-order chi connectivity index (χ0) is 18.1. The summed E-state index contributed by atoms with van der Waals surface area (Å²) < 4.78 is 1.99. The second kappa shape index (κ2) is 6.50. The van der Waals surface area contributed by atoms with Gasteiger partial charge in [0.25, 0.3) is 5.91 Å². The molecule has 0 fully saturated rings. The third-order valence-corrected chi connectivity index (χ3v) is 3.89. The highest BCUT2D eigenvalue weighted by Crippen LogP contribution is 2.22. The average molecular weight is 325 g/mol. The van der Waals surface area contributed by atoms with Gasteiger partial charge in [0.05, 0.1) is 22.8 Å². The highest BCUT2D eigenvalue weighted by atomic mass is 16.3. The number of nitriles is 1. The quantitative estimate of drug-likeness (QED) is 0.940. The van der Waals surface area contributed by atoms with Gasteiger partial charge in [-0.3, -0.25) is 4.79 Å². The summed E-state index contributed by atoms with van der Waals surface area (Å²) in [5.74, 6) is -0.120. The Morgan fingerprint density at radius 2 is 1.88 bits per heavy atom. The lowest BCUT2D eigenvalue weighted by Crippen LogP contribution is -2.39. The van der Waals surface area contributed by atoms with Crippen LogP contribution in [0.2, 0.25) is 0 Å². The minimum Gasteiger partial charge on any atom is -0.389 e. The maximum Gasteiger partial charge on any atom is 0.255 e. The molecule has 0 bridgehead atoms. The molecule has 0 aliphatic carbocycles. The molecular weight excluding hydrogens is 302 g/mol. The van der Waals surface area contributed by atoms with Gasteiger partial charge in [0.1, 0.15) is 0 Å². The van der Waals surface area contributed by atoms with Crippen molar-refractivity contribution in [1.29, 1.82) is 5.26 Å². The van der Waals surface area contributed by atoms with Crippen LogP contribution < -0.4 is 0 Å². The summed E-state index contributed by atoms with van der Waals surface area (Å²) in [6.45, 7) is 7.45. The average Bonchev–Trinajstić information content (AvgIpc) is 2.80. The van der Waals surface area contributed by atoms with Gasteiger partial charge in [0.2, 0.25) is 0 Å². The molecule has 0 atom stereocenters. The summed E-state index contributed by atoms with van der Waals surface area (Å²) >= 11 is 0. The number of carbonyl (C=O) groups is 1. The molecule has 1 aromatic heterocycles. The standard InChI is InChI=1S/C19H23N3O2/c1-13-10-17(18(23)21(5)12-19(3,4)24)14(2)22(13)16-8-6-15(11-20)7-9-16/h6-10,24H,12H2,1-5H3. The second-order valence-electron chi connectivity index (χ2n) is 6.75. The van der Waals surface area contributed by atoms with Crippen molar-refractivity contribution in [2.24, 2.45) is 0 Å². The first kappa shape index (κ1) is 17.8. The number of benzene rings is 1. The first-order valence-electron chi connectivity index (χ1n) is 7.81. The number of aliphatic hydroxyl groups is 1. The Morgan fingerprint density at radius 1 is 1.29 bits per heavy atom. The number of aryl methyl sites for hydroxylation is 1. The molecule has 5 nitrogen and oxygen atoms in total.